The third-order valence-corrected chi connectivity index (χ3v) is 7.53. The molecule has 1 aromatic rings. The molecule has 2 saturated carbocycles. The summed E-state index contributed by atoms with van der Waals surface area (Å²) in [5, 5.41) is 10.4. The Morgan fingerprint density at radius 2 is 2.00 bits per heavy atom. The zero-order valence-corrected chi connectivity index (χ0v) is 17.6. The minimum atomic E-state index is -0.523. The van der Waals surface area contributed by atoms with Crippen LogP contribution in [0.4, 0.5) is 4.79 Å². The molecule has 0 aromatic carbocycles. The predicted octanol–water partition coefficient (Wildman–Crippen LogP) is 3.12. The number of fused-ring (bicyclic) bond motifs is 3. The number of esters is 1. The number of piperidine rings is 1. The number of nitrogens with one attached hydrogen (secondary N) is 1. The molecule has 1 aliphatic heterocycles. The van der Waals surface area contributed by atoms with Gasteiger partial charge in [0.2, 0.25) is 0 Å². The average Bonchev–Trinajstić information content (AvgIpc) is 3.49. The molecule has 3 aliphatic carbocycles. The minimum absolute atomic E-state index is 0.124. The molecule has 4 aliphatic rings. The maximum absolute atomic E-state index is 13.1. The Labute approximate surface area is 177 Å². The molecule has 1 aromatic heterocycles. The maximum Gasteiger partial charge on any atom is 0.359 e. The Morgan fingerprint density at radius 1 is 1.17 bits per heavy atom. The van der Waals surface area contributed by atoms with Gasteiger partial charge >= 0.3 is 12.0 Å². The average molecular weight is 414 g/mol. The van der Waals surface area contributed by atoms with E-state index in [4.69, 9.17) is 4.74 Å². The van der Waals surface area contributed by atoms with Crippen molar-refractivity contribution in [1.29, 1.82) is 0 Å². The number of nitrogens with zero attached hydrogens (tertiary/aromatic N) is 4. The van der Waals surface area contributed by atoms with E-state index in [9.17, 15) is 9.59 Å². The number of carbonyl (C=O) groups is 2. The van der Waals surface area contributed by atoms with E-state index in [-0.39, 0.29) is 18.2 Å². The summed E-state index contributed by atoms with van der Waals surface area (Å²) in [6.07, 6.45) is 12.7. The van der Waals surface area contributed by atoms with Crippen molar-refractivity contribution < 1.29 is 14.3 Å². The standard InChI is InChI=1S/C22H31N5O3/c1-2-30-21(28)20-19(18-12-14-7-8-16(18)11-14)23-25-27(20)22(29)24-26-10-9-15-5-3-4-6-17(15)13-26/h7-8,14-18H,2-6,9-13H2,1H3,(H,24,29). The Kier molecular flexibility index (Phi) is 5.35. The lowest BCUT2D eigenvalue weighted by atomic mass is 9.75. The van der Waals surface area contributed by atoms with E-state index >= 15 is 0 Å². The summed E-state index contributed by atoms with van der Waals surface area (Å²) >= 11 is 0. The molecule has 0 radical (unpaired) electrons. The molecule has 0 spiro atoms. The van der Waals surface area contributed by atoms with E-state index in [2.05, 4.69) is 27.9 Å². The number of ether oxygens (including phenoxy) is 1. The second kappa shape index (κ2) is 8.13. The van der Waals surface area contributed by atoms with Crippen LogP contribution >= 0.6 is 0 Å². The Bertz CT molecular complexity index is 850. The van der Waals surface area contributed by atoms with Gasteiger partial charge in [-0.25, -0.2) is 14.6 Å². The van der Waals surface area contributed by atoms with E-state index < -0.39 is 12.0 Å². The third-order valence-electron chi connectivity index (χ3n) is 7.53. The zero-order valence-electron chi connectivity index (χ0n) is 17.6. The molecule has 5 atom stereocenters. The highest BCUT2D eigenvalue weighted by atomic mass is 16.5. The first-order chi connectivity index (χ1) is 14.6. The van der Waals surface area contributed by atoms with Crippen molar-refractivity contribution >= 4 is 12.0 Å². The van der Waals surface area contributed by atoms with Crippen LogP contribution in [-0.2, 0) is 4.74 Å². The normalized spacial score (nSPS) is 32.8. The highest BCUT2D eigenvalue weighted by Gasteiger charge is 2.42. The molecule has 2 heterocycles. The first-order valence-electron chi connectivity index (χ1n) is 11.5. The molecule has 5 unspecified atom stereocenters. The van der Waals surface area contributed by atoms with Gasteiger partial charge < -0.3 is 4.74 Å². The zero-order chi connectivity index (χ0) is 20.7. The second-order valence-electron chi connectivity index (χ2n) is 9.30. The summed E-state index contributed by atoms with van der Waals surface area (Å²) in [4.78, 5) is 25.8. The number of allylic oxidation sites excluding steroid dienone is 2. The molecular formula is C22H31N5O3. The van der Waals surface area contributed by atoms with Gasteiger partial charge in [0.15, 0.2) is 5.69 Å². The van der Waals surface area contributed by atoms with Gasteiger partial charge in [-0.3, -0.25) is 5.43 Å². The molecule has 30 heavy (non-hydrogen) atoms. The van der Waals surface area contributed by atoms with Crippen molar-refractivity contribution in [3.05, 3.63) is 23.5 Å². The van der Waals surface area contributed by atoms with E-state index in [0.29, 0.717) is 23.4 Å². The van der Waals surface area contributed by atoms with Crippen LogP contribution in [0.3, 0.4) is 0 Å². The molecule has 1 saturated heterocycles. The quantitative estimate of drug-likeness (QED) is 0.603. The number of hydrogen-bond acceptors (Lipinski definition) is 6. The number of aromatic nitrogens is 3. The third kappa shape index (κ3) is 3.55. The molecule has 162 valence electrons. The van der Waals surface area contributed by atoms with Crippen molar-refractivity contribution in [2.24, 2.45) is 23.7 Å². The van der Waals surface area contributed by atoms with Gasteiger partial charge in [0.1, 0.15) is 5.69 Å². The van der Waals surface area contributed by atoms with Gasteiger partial charge in [-0.2, -0.15) is 4.68 Å². The molecule has 1 amide bonds. The van der Waals surface area contributed by atoms with Gasteiger partial charge in [0, 0.05) is 19.0 Å². The fraction of sp³-hybridized carbons (Fsp3) is 0.727. The lowest BCUT2D eigenvalue weighted by Gasteiger charge is -2.40. The maximum atomic E-state index is 13.1. The lowest BCUT2D eigenvalue weighted by molar-refractivity contribution is 0.0500. The van der Waals surface area contributed by atoms with E-state index in [1.807, 2.05) is 5.01 Å². The highest BCUT2D eigenvalue weighted by molar-refractivity contribution is 5.93. The van der Waals surface area contributed by atoms with Crippen LogP contribution < -0.4 is 5.43 Å². The summed E-state index contributed by atoms with van der Waals surface area (Å²) in [7, 11) is 0. The van der Waals surface area contributed by atoms with Crippen molar-refractivity contribution in [2.45, 2.75) is 57.8 Å². The van der Waals surface area contributed by atoms with Crippen LogP contribution in [0.1, 0.15) is 74.0 Å². The molecule has 3 fully saturated rings. The van der Waals surface area contributed by atoms with Gasteiger partial charge in [-0.15, -0.1) is 5.10 Å². The lowest BCUT2D eigenvalue weighted by Crippen LogP contribution is -2.52. The molecular weight excluding hydrogens is 382 g/mol. The van der Waals surface area contributed by atoms with Crippen LogP contribution in [0.5, 0.6) is 0 Å². The molecule has 2 bridgehead atoms. The van der Waals surface area contributed by atoms with Crippen molar-refractivity contribution in [3.63, 3.8) is 0 Å². The number of rotatable bonds is 4. The summed E-state index contributed by atoms with van der Waals surface area (Å²) < 4.78 is 6.39. The van der Waals surface area contributed by atoms with Crippen LogP contribution in [-0.4, -0.2) is 51.7 Å². The minimum Gasteiger partial charge on any atom is -0.461 e. The molecule has 8 nitrogen and oxygen atoms in total. The van der Waals surface area contributed by atoms with Gasteiger partial charge in [-0.05, 0) is 56.3 Å². The first kappa shape index (κ1) is 19.7. The number of carbonyl (C=O) groups excluding carboxylic acids is 2. The Morgan fingerprint density at radius 3 is 2.73 bits per heavy atom. The highest BCUT2D eigenvalue weighted by Crippen LogP contribution is 2.49. The van der Waals surface area contributed by atoms with Crippen LogP contribution in [0, 0.1) is 23.7 Å². The van der Waals surface area contributed by atoms with Crippen molar-refractivity contribution in [1.82, 2.24) is 25.4 Å². The van der Waals surface area contributed by atoms with Crippen LogP contribution in [0.25, 0.3) is 0 Å². The largest absolute Gasteiger partial charge is 0.461 e. The fourth-order valence-corrected chi connectivity index (χ4v) is 6.06. The second-order valence-corrected chi connectivity index (χ2v) is 9.30. The van der Waals surface area contributed by atoms with Gasteiger partial charge in [0.05, 0.1) is 6.61 Å². The van der Waals surface area contributed by atoms with E-state index in [0.717, 1.165) is 43.0 Å². The smallest absolute Gasteiger partial charge is 0.359 e. The number of hydrogen-bond donors (Lipinski definition) is 1. The van der Waals surface area contributed by atoms with Crippen molar-refractivity contribution in [3.8, 4) is 0 Å². The fourth-order valence-electron chi connectivity index (χ4n) is 6.06. The molecule has 8 heteroatoms. The summed E-state index contributed by atoms with van der Waals surface area (Å²) in [5.74, 6) is 1.92. The number of hydrazine groups is 1. The summed E-state index contributed by atoms with van der Waals surface area (Å²) in [5.41, 5.74) is 3.77. The topological polar surface area (TPSA) is 89.3 Å². The van der Waals surface area contributed by atoms with Gasteiger partial charge in [0.25, 0.3) is 0 Å². The van der Waals surface area contributed by atoms with E-state index in [1.165, 1.54) is 25.7 Å². The van der Waals surface area contributed by atoms with Crippen molar-refractivity contribution in [2.75, 3.05) is 19.7 Å². The van der Waals surface area contributed by atoms with Gasteiger partial charge in [-0.1, -0.05) is 36.6 Å². The Hall–Kier alpha value is -2.22. The summed E-state index contributed by atoms with van der Waals surface area (Å²) in [6.45, 7) is 3.71. The molecule has 5 rings (SSSR count). The predicted molar refractivity (Wildman–Crippen MR) is 110 cm³/mol. The van der Waals surface area contributed by atoms with E-state index in [1.54, 1.807) is 6.92 Å². The Balaban J connectivity index is 1.35. The monoisotopic (exact) mass is 413 g/mol. The van der Waals surface area contributed by atoms with Crippen LogP contribution in [0.15, 0.2) is 12.2 Å². The van der Waals surface area contributed by atoms with Crippen LogP contribution in [0.2, 0.25) is 0 Å². The molecule has 1 N–H and O–H groups in total. The first-order valence-corrected chi connectivity index (χ1v) is 11.5. The summed E-state index contributed by atoms with van der Waals surface area (Å²) in [6, 6.07) is -0.426. The number of amides is 1. The SMILES string of the molecule is CCOC(=O)c1c(C2CC3C=CC2C3)nnn1C(=O)NN1CCC2CCCCC2C1.